The molecule has 3 aromatic rings. The first kappa shape index (κ1) is 17.4. The Morgan fingerprint density at radius 1 is 1.40 bits per heavy atom. The van der Waals surface area contributed by atoms with Gasteiger partial charge in [0.05, 0.1) is 23.4 Å². The van der Waals surface area contributed by atoms with Crippen LogP contribution < -0.4 is 15.0 Å². The van der Waals surface area contributed by atoms with Crippen molar-refractivity contribution in [2.75, 3.05) is 30.9 Å². The summed E-state index contributed by atoms with van der Waals surface area (Å²) in [7, 11) is 3.26. The van der Waals surface area contributed by atoms with Crippen LogP contribution in [0.2, 0.25) is 5.02 Å². The van der Waals surface area contributed by atoms with Crippen molar-refractivity contribution in [3.63, 3.8) is 0 Å². The molecule has 0 atom stereocenters. The van der Waals surface area contributed by atoms with Crippen molar-refractivity contribution in [1.29, 1.82) is 0 Å². The van der Waals surface area contributed by atoms with Gasteiger partial charge in [-0.25, -0.2) is 9.37 Å². The van der Waals surface area contributed by atoms with Crippen LogP contribution in [0, 0.1) is 5.82 Å². The van der Waals surface area contributed by atoms with Crippen LogP contribution >= 0.6 is 22.9 Å². The number of hydrogen-bond donors (Lipinski definition) is 1. The molecule has 0 spiro atoms. The number of nitrogens with zero attached hydrogens (tertiary/aromatic N) is 2. The summed E-state index contributed by atoms with van der Waals surface area (Å²) in [6.45, 7) is 0.0745. The number of amides is 1. The minimum absolute atomic E-state index is 0.0745. The summed E-state index contributed by atoms with van der Waals surface area (Å²) in [6, 6.07) is 9.80. The molecule has 0 saturated carbocycles. The number of carbonyl (C=O) groups excluding carboxylic acids is 1. The fourth-order valence-corrected chi connectivity index (χ4v) is 3.49. The summed E-state index contributed by atoms with van der Waals surface area (Å²) in [6.07, 6.45) is 0. The number of nitrogens with one attached hydrogen (secondary N) is 1. The summed E-state index contributed by atoms with van der Waals surface area (Å²) in [4.78, 5) is 18.2. The number of carbonyl (C=O) groups is 1. The Morgan fingerprint density at radius 2 is 2.20 bits per heavy atom. The Kier molecular flexibility index (Phi) is 5.06. The number of aromatic nitrogens is 1. The third-order valence-electron chi connectivity index (χ3n) is 3.50. The highest BCUT2D eigenvalue weighted by molar-refractivity contribution is 7.22. The fraction of sp³-hybridized carbons (Fsp3) is 0.176. The third-order valence-corrected chi connectivity index (χ3v) is 4.93. The Balaban J connectivity index is 1.69. The average Bonchev–Trinajstić information content (AvgIpc) is 3.01. The van der Waals surface area contributed by atoms with Crippen molar-refractivity contribution in [2.24, 2.45) is 0 Å². The molecule has 0 aliphatic heterocycles. The van der Waals surface area contributed by atoms with E-state index in [1.165, 1.54) is 24.5 Å². The number of methoxy groups -OCH3 is 1. The van der Waals surface area contributed by atoms with E-state index in [-0.39, 0.29) is 18.3 Å². The number of anilines is 2. The molecular formula is C17H15ClFN3O2S. The van der Waals surface area contributed by atoms with Crippen LogP contribution in [0.25, 0.3) is 10.2 Å². The number of para-hydroxylation sites is 1. The molecule has 130 valence electrons. The second-order valence-corrected chi connectivity index (χ2v) is 6.75. The monoisotopic (exact) mass is 379 g/mol. The second kappa shape index (κ2) is 7.25. The number of benzene rings is 2. The first-order valence-corrected chi connectivity index (χ1v) is 8.57. The molecule has 1 amide bonds. The molecule has 5 nitrogen and oxygen atoms in total. The fourth-order valence-electron chi connectivity index (χ4n) is 2.29. The van der Waals surface area contributed by atoms with Gasteiger partial charge >= 0.3 is 0 Å². The van der Waals surface area contributed by atoms with Crippen molar-refractivity contribution in [1.82, 2.24) is 4.98 Å². The van der Waals surface area contributed by atoms with Crippen LogP contribution in [0.4, 0.5) is 15.2 Å². The van der Waals surface area contributed by atoms with E-state index in [9.17, 15) is 9.18 Å². The minimum Gasteiger partial charge on any atom is -0.495 e. The van der Waals surface area contributed by atoms with Crippen LogP contribution in [-0.2, 0) is 4.79 Å². The molecule has 0 radical (unpaired) electrons. The standard InChI is InChI=1S/C17H15ClFN3O2S/c1-22(17-21-16-12(19)4-3-5-14(16)25-17)9-15(23)20-10-6-7-13(24-2)11(18)8-10/h3-8H,9H2,1-2H3,(H,20,23). The Bertz CT molecular complexity index is 931. The van der Waals surface area contributed by atoms with Crippen LogP contribution in [0.1, 0.15) is 0 Å². The van der Waals surface area contributed by atoms with E-state index in [2.05, 4.69) is 10.3 Å². The Hall–Kier alpha value is -2.38. The maximum absolute atomic E-state index is 13.7. The number of likely N-dealkylation sites (N-methyl/N-ethyl adjacent to an activating group) is 1. The molecule has 0 saturated heterocycles. The minimum atomic E-state index is -0.370. The first-order chi connectivity index (χ1) is 12.0. The van der Waals surface area contributed by atoms with E-state index in [0.29, 0.717) is 27.1 Å². The SMILES string of the molecule is COc1ccc(NC(=O)CN(C)c2nc3c(F)cccc3s2)cc1Cl. The lowest BCUT2D eigenvalue weighted by Gasteiger charge is -2.15. The predicted octanol–water partition coefficient (Wildman–Crippen LogP) is 4.17. The van der Waals surface area contributed by atoms with Crippen LogP contribution in [-0.4, -0.2) is 31.6 Å². The molecule has 8 heteroatoms. The van der Waals surface area contributed by atoms with Crippen molar-refractivity contribution in [2.45, 2.75) is 0 Å². The summed E-state index contributed by atoms with van der Waals surface area (Å²) in [5.74, 6) is -0.0672. The molecule has 0 unspecified atom stereocenters. The number of thiazole rings is 1. The van der Waals surface area contributed by atoms with E-state index in [0.717, 1.165) is 4.70 Å². The van der Waals surface area contributed by atoms with Gasteiger partial charge in [-0.3, -0.25) is 4.79 Å². The Morgan fingerprint density at radius 3 is 2.88 bits per heavy atom. The van der Waals surface area contributed by atoms with E-state index < -0.39 is 0 Å². The van der Waals surface area contributed by atoms with Gasteiger partial charge in [0, 0.05) is 12.7 Å². The van der Waals surface area contributed by atoms with Crippen molar-refractivity contribution in [3.8, 4) is 5.75 Å². The van der Waals surface area contributed by atoms with E-state index in [1.54, 1.807) is 42.3 Å². The average molecular weight is 380 g/mol. The largest absolute Gasteiger partial charge is 0.495 e. The summed E-state index contributed by atoms with van der Waals surface area (Å²) in [5.41, 5.74) is 0.885. The van der Waals surface area contributed by atoms with Gasteiger partial charge < -0.3 is 15.0 Å². The van der Waals surface area contributed by atoms with Gasteiger partial charge in [-0.2, -0.15) is 0 Å². The quantitative estimate of drug-likeness (QED) is 0.722. The zero-order chi connectivity index (χ0) is 18.0. The molecule has 0 fully saturated rings. The van der Waals surface area contributed by atoms with Crippen LogP contribution in [0.3, 0.4) is 0 Å². The van der Waals surface area contributed by atoms with Gasteiger partial charge in [-0.05, 0) is 30.3 Å². The molecule has 25 heavy (non-hydrogen) atoms. The molecule has 0 bridgehead atoms. The van der Waals surface area contributed by atoms with Gasteiger partial charge in [-0.1, -0.05) is 29.0 Å². The smallest absolute Gasteiger partial charge is 0.243 e. The van der Waals surface area contributed by atoms with E-state index >= 15 is 0 Å². The summed E-state index contributed by atoms with van der Waals surface area (Å²) < 4.78 is 19.6. The zero-order valence-electron chi connectivity index (χ0n) is 13.5. The highest BCUT2D eigenvalue weighted by Gasteiger charge is 2.14. The number of ether oxygens (including phenoxy) is 1. The molecule has 1 aromatic heterocycles. The van der Waals surface area contributed by atoms with Crippen molar-refractivity contribution in [3.05, 3.63) is 47.2 Å². The lowest BCUT2D eigenvalue weighted by Crippen LogP contribution is -2.29. The van der Waals surface area contributed by atoms with Crippen molar-refractivity contribution < 1.29 is 13.9 Å². The van der Waals surface area contributed by atoms with Crippen molar-refractivity contribution >= 4 is 49.9 Å². The molecule has 2 aromatic carbocycles. The second-order valence-electron chi connectivity index (χ2n) is 5.34. The van der Waals surface area contributed by atoms with E-state index in [4.69, 9.17) is 16.3 Å². The molecule has 1 heterocycles. The van der Waals surface area contributed by atoms with E-state index in [1.807, 2.05) is 0 Å². The highest BCUT2D eigenvalue weighted by atomic mass is 35.5. The lowest BCUT2D eigenvalue weighted by molar-refractivity contribution is -0.114. The van der Waals surface area contributed by atoms with Gasteiger partial charge in [-0.15, -0.1) is 0 Å². The number of hydrogen-bond acceptors (Lipinski definition) is 5. The lowest BCUT2D eigenvalue weighted by atomic mass is 10.3. The van der Waals surface area contributed by atoms with Crippen LogP contribution in [0.15, 0.2) is 36.4 Å². The summed E-state index contributed by atoms with van der Waals surface area (Å²) in [5, 5.41) is 3.75. The predicted molar refractivity (Wildman–Crippen MR) is 99.5 cm³/mol. The molecular weight excluding hydrogens is 365 g/mol. The summed E-state index contributed by atoms with van der Waals surface area (Å²) >= 11 is 7.38. The number of fused-ring (bicyclic) bond motifs is 1. The Labute approximate surface area is 153 Å². The molecule has 3 rings (SSSR count). The maximum atomic E-state index is 13.7. The highest BCUT2D eigenvalue weighted by Crippen LogP contribution is 2.30. The van der Waals surface area contributed by atoms with Gasteiger partial charge in [0.1, 0.15) is 17.1 Å². The topological polar surface area (TPSA) is 54.5 Å². The van der Waals surface area contributed by atoms with Gasteiger partial charge in [0.15, 0.2) is 5.13 Å². The molecule has 0 aliphatic carbocycles. The zero-order valence-corrected chi connectivity index (χ0v) is 15.1. The van der Waals surface area contributed by atoms with Gasteiger partial charge in [0.25, 0.3) is 0 Å². The first-order valence-electron chi connectivity index (χ1n) is 7.37. The molecule has 1 N–H and O–H groups in total. The molecule has 0 aliphatic rings. The van der Waals surface area contributed by atoms with Gasteiger partial charge in [0.2, 0.25) is 5.91 Å². The number of halogens is 2. The third kappa shape index (κ3) is 3.83. The van der Waals surface area contributed by atoms with Crippen LogP contribution in [0.5, 0.6) is 5.75 Å². The number of rotatable bonds is 5. The maximum Gasteiger partial charge on any atom is 0.243 e. The normalized spacial score (nSPS) is 10.7.